The number of hydrogen-bond donors (Lipinski definition) is 4. The van der Waals surface area contributed by atoms with Crippen molar-refractivity contribution in [3.8, 4) is 5.75 Å². The van der Waals surface area contributed by atoms with Crippen molar-refractivity contribution in [2.45, 2.75) is 68.3 Å². The second kappa shape index (κ2) is 11.9. The van der Waals surface area contributed by atoms with Crippen molar-refractivity contribution in [2.24, 2.45) is 11.7 Å². The molecule has 4 rings (SSSR count). The van der Waals surface area contributed by atoms with Crippen LogP contribution in [0.25, 0.3) is 0 Å². The summed E-state index contributed by atoms with van der Waals surface area (Å²) in [6, 6.07) is 11.1. The quantitative estimate of drug-likeness (QED) is 0.316. The maximum atomic E-state index is 13.9. The van der Waals surface area contributed by atoms with E-state index in [0.29, 0.717) is 5.56 Å². The van der Waals surface area contributed by atoms with Crippen LogP contribution in [0.4, 0.5) is 0 Å². The standard InChI is InChI=1S/C29H35N3O7S/c1-16-19(10-7-11-21(16)33)25(36)31-20(14-17-8-5-4-6-9-17)22(34)26(37)32-23(28(38)39-15-18-12-13-18)29(2,3)40-27(32)24(30)35/h4-11,18,20,22-23,27,33-34H,12-15H2,1-3H3,(H2,30,35)(H,31,36)/t20-,22-,23?,27?/m0/s1. The molecule has 3 amide bonds. The van der Waals surface area contributed by atoms with Crippen LogP contribution in [0.1, 0.15) is 48.2 Å². The molecular weight excluding hydrogens is 534 g/mol. The number of thioether (sulfide) groups is 1. The minimum atomic E-state index is -1.84. The van der Waals surface area contributed by atoms with Gasteiger partial charge >= 0.3 is 5.97 Å². The van der Waals surface area contributed by atoms with Crippen LogP contribution in [-0.4, -0.2) is 73.7 Å². The van der Waals surface area contributed by atoms with Crippen molar-refractivity contribution in [1.82, 2.24) is 10.2 Å². The van der Waals surface area contributed by atoms with E-state index in [4.69, 9.17) is 10.5 Å². The zero-order valence-electron chi connectivity index (χ0n) is 22.7. The highest BCUT2D eigenvalue weighted by atomic mass is 32.2. The fourth-order valence-electron chi connectivity index (χ4n) is 4.83. The Morgan fingerprint density at radius 3 is 2.42 bits per heavy atom. The summed E-state index contributed by atoms with van der Waals surface area (Å²) >= 11 is 1.05. The average Bonchev–Trinajstić information content (AvgIpc) is 3.69. The Hall–Kier alpha value is -3.57. The molecule has 0 radical (unpaired) electrons. The molecule has 1 saturated carbocycles. The van der Waals surface area contributed by atoms with Gasteiger partial charge in [0.05, 0.1) is 12.6 Å². The average molecular weight is 570 g/mol. The summed E-state index contributed by atoms with van der Waals surface area (Å²) < 4.78 is 4.57. The van der Waals surface area contributed by atoms with Crippen molar-refractivity contribution < 1.29 is 34.1 Å². The van der Waals surface area contributed by atoms with Gasteiger partial charge in [-0.3, -0.25) is 14.4 Å². The zero-order chi connectivity index (χ0) is 29.2. The summed E-state index contributed by atoms with van der Waals surface area (Å²) in [6.07, 6.45) is 0.151. The smallest absolute Gasteiger partial charge is 0.330 e. The largest absolute Gasteiger partial charge is 0.508 e. The first kappa shape index (κ1) is 29.4. The fraction of sp³-hybridized carbons (Fsp3) is 0.448. The lowest BCUT2D eigenvalue weighted by molar-refractivity contribution is -0.160. The number of primary amides is 1. The van der Waals surface area contributed by atoms with E-state index in [1.807, 2.05) is 6.07 Å². The topological polar surface area (TPSA) is 159 Å². The molecule has 0 spiro atoms. The van der Waals surface area contributed by atoms with Gasteiger partial charge in [0.25, 0.3) is 17.7 Å². The minimum Gasteiger partial charge on any atom is -0.508 e. The molecule has 0 bridgehead atoms. The molecule has 4 atom stereocenters. The number of carbonyl (C=O) groups excluding carboxylic acids is 4. The van der Waals surface area contributed by atoms with Gasteiger partial charge in [-0.25, -0.2) is 4.79 Å². The normalized spacial score (nSPS) is 21.4. The van der Waals surface area contributed by atoms with Gasteiger partial charge < -0.3 is 30.9 Å². The lowest BCUT2D eigenvalue weighted by Crippen LogP contribution is -2.60. The third kappa shape index (κ3) is 6.42. The maximum Gasteiger partial charge on any atom is 0.330 e. The van der Waals surface area contributed by atoms with E-state index >= 15 is 0 Å². The van der Waals surface area contributed by atoms with E-state index < -0.39 is 52.0 Å². The number of carbonyl (C=O) groups is 4. The van der Waals surface area contributed by atoms with E-state index in [-0.39, 0.29) is 30.3 Å². The number of rotatable bonds is 10. The Morgan fingerprint density at radius 2 is 1.80 bits per heavy atom. The van der Waals surface area contributed by atoms with E-state index in [9.17, 15) is 29.4 Å². The first-order chi connectivity index (χ1) is 18.9. The van der Waals surface area contributed by atoms with E-state index in [1.165, 1.54) is 18.2 Å². The van der Waals surface area contributed by atoms with Gasteiger partial charge in [-0.05, 0) is 63.6 Å². The number of ether oxygens (including phenoxy) is 1. The highest BCUT2D eigenvalue weighted by Gasteiger charge is 2.57. The van der Waals surface area contributed by atoms with Crippen molar-refractivity contribution in [3.63, 3.8) is 0 Å². The van der Waals surface area contributed by atoms with Gasteiger partial charge in [0.15, 0.2) is 11.5 Å². The molecule has 2 unspecified atom stereocenters. The van der Waals surface area contributed by atoms with Crippen LogP contribution in [0.3, 0.4) is 0 Å². The molecule has 1 heterocycles. The van der Waals surface area contributed by atoms with Crippen molar-refractivity contribution in [2.75, 3.05) is 6.61 Å². The number of nitrogens with two attached hydrogens (primary N) is 1. The highest BCUT2D eigenvalue weighted by Crippen LogP contribution is 2.45. The fourth-order valence-corrected chi connectivity index (χ4v) is 6.20. The van der Waals surface area contributed by atoms with Crippen molar-refractivity contribution in [1.29, 1.82) is 0 Å². The van der Waals surface area contributed by atoms with Gasteiger partial charge in [-0.1, -0.05) is 36.4 Å². The number of aromatic hydroxyl groups is 1. The molecular formula is C29H35N3O7S. The number of nitrogens with zero attached hydrogens (tertiary/aromatic N) is 1. The lowest BCUT2D eigenvalue weighted by atomic mass is 9.96. The highest BCUT2D eigenvalue weighted by molar-refractivity contribution is 8.02. The van der Waals surface area contributed by atoms with E-state index in [0.717, 1.165) is 35.1 Å². The predicted octanol–water partition coefficient (Wildman–Crippen LogP) is 1.89. The Morgan fingerprint density at radius 1 is 1.12 bits per heavy atom. The minimum absolute atomic E-state index is 0.0692. The van der Waals surface area contributed by atoms with Gasteiger partial charge in [-0.2, -0.15) is 0 Å². The molecule has 11 heteroatoms. The number of esters is 1. The lowest BCUT2D eigenvalue weighted by Gasteiger charge is -2.34. The third-order valence-corrected chi connectivity index (χ3v) is 8.80. The van der Waals surface area contributed by atoms with Crippen LogP contribution >= 0.6 is 11.8 Å². The number of benzene rings is 2. The second-order valence-electron chi connectivity index (χ2n) is 10.9. The van der Waals surface area contributed by atoms with Crippen LogP contribution < -0.4 is 11.1 Å². The Labute approximate surface area is 237 Å². The summed E-state index contributed by atoms with van der Waals surface area (Å²) in [7, 11) is 0. The summed E-state index contributed by atoms with van der Waals surface area (Å²) in [6.45, 7) is 5.23. The number of phenolic OH excluding ortho intramolecular Hbond substituents is 1. The third-order valence-electron chi connectivity index (χ3n) is 7.28. The maximum absolute atomic E-state index is 13.9. The number of amides is 3. The van der Waals surface area contributed by atoms with Crippen LogP contribution in [0.15, 0.2) is 48.5 Å². The SMILES string of the molecule is Cc1c(O)cccc1C(=O)N[C@@H](Cc1ccccc1)[C@H](O)C(=O)N1C(C(N)=O)SC(C)(C)C1C(=O)OCC1CC1. The molecule has 1 saturated heterocycles. The number of aliphatic hydroxyl groups excluding tert-OH is 1. The first-order valence-corrected chi connectivity index (χ1v) is 14.1. The Kier molecular flexibility index (Phi) is 8.74. The van der Waals surface area contributed by atoms with Gasteiger partial charge in [0.1, 0.15) is 11.8 Å². The van der Waals surface area contributed by atoms with Crippen molar-refractivity contribution in [3.05, 3.63) is 65.2 Å². The number of hydrogen-bond acceptors (Lipinski definition) is 8. The summed E-state index contributed by atoms with van der Waals surface area (Å²) in [5, 5.41) is 23.0. The van der Waals surface area contributed by atoms with Gasteiger partial charge in [0.2, 0.25) is 0 Å². The summed E-state index contributed by atoms with van der Waals surface area (Å²) in [5.74, 6) is -2.83. The van der Waals surface area contributed by atoms with Crippen LogP contribution in [0, 0.1) is 12.8 Å². The molecule has 10 nitrogen and oxygen atoms in total. The molecule has 5 N–H and O–H groups in total. The monoisotopic (exact) mass is 569 g/mol. The Bertz CT molecular complexity index is 1280. The molecule has 2 aromatic rings. The molecule has 1 aliphatic heterocycles. The number of nitrogens with one attached hydrogen (secondary N) is 1. The molecule has 214 valence electrons. The van der Waals surface area contributed by atoms with Gasteiger partial charge in [-0.15, -0.1) is 11.8 Å². The van der Waals surface area contributed by atoms with E-state index in [2.05, 4.69) is 5.32 Å². The molecule has 0 aromatic heterocycles. The summed E-state index contributed by atoms with van der Waals surface area (Å²) in [5.41, 5.74) is 6.89. The molecule has 2 fully saturated rings. The van der Waals surface area contributed by atoms with Crippen LogP contribution in [0.5, 0.6) is 5.75 Å². The second-order valence-corrected chi connectivity index (χ2v) is 12.6. The Balaban J connectivity index is 1.65. The molecule has 1 aliphatic carbocycles. The summed E-state index contributed by atoms with van der Waals surface area (Å²) in [4.78, 5) is 53.9. The van der Waals surface area contributed by atoms with Crippen LogP contribution in [0.2, 0.25) is 0 Å². The molecule has 2 aromatic carbocycles. The first-order valence-electron chi connectivity index (χ1n) is 13.2. The van der Waals surface area contributed by atoms with Gasteiger partial charge in [0, 0.05) is 15.9 Å². The van der Waals surface area contributed by atoms with Crippen LogP contribution in [-0.2, 0) is 25.5 Å². The molecule has 2 aliphatic rings. The molecule has 40 heavy (non-hydrogen) atoms. The number of aliphatic hydroxyl groups is 1. The van der Waals surface area contributed by atoms with E-state index in [1.54, 1.807) is 45.0 Å². The predicted molar refractivity (Wildman–Crippen MR) is 149 cm³/mol. The zero-order valence-corrected chi connectivity index (χ0v) is 23.5. The number of phenols is 1. The van der Waals surface area contributed by atoms with Crippen molar-refractivity contribution >= 4 is 35.5 Å².